The number of anilines is 1. The summed E-state index contributed by atoms with van der Waals surface area (Å²) < 4.78 is 10.6. The first-order chi connectivity index (χ1) is 9.19. The normalized spacial score (nSPS) is 22.6. The summed E-state index contributed by atoms with van der Waals surface area (Å²) in [6, 6.07) is 3.55. The summed E-state index contributed by atoms with van der Waals surface area (Å²) in [5.41, 5.74) is 1.31. The quantitative estimate of drug-likeness (QED) is 0.864. The van der Waals surface area contributed by atoms with E-state index in [-0.39, 0.29) is 18.1 Å². The predicted octanol–water partition coefficient (Wildman–Crippen LogP) is 0.609. The second-order valence-corrected chi connectivity index (χ2v) is 4.44. The third-order valence-corrected chi connectivity index (χ3v) is 3.38. The Labute approximate surface area is 112 Å². The molecule has 1 fully saturated rings. The molecule has 6 nitrogen and oxygen atoms in total. The van der Waals surface area contributed by atoms with Crippen molar-refractivity contribution in [3.05, 3.63) is 24.0 Å². The molecule has 0 radical (unpaired) electrons. The van der Waals surface area contributed by atoms with Crippen molar-refractivity contribution in [2.75, 3.05) is 39.7 Å². The van der Waals surface area contributed by atoms with Gasteiger partial charge in [-0.25, -0.2) is 4.98 Å². The minimum absolute atomic E-state index is 0.0782. The number of hydrogen-bond acceptors (Lipinski definition) is 5. The van der Waals surface area contributed by atoms with E-state index in [0.717, 1.165) is 5.69 Å². The average molecular weight is 265 g/mol. The van der Waals surface area contributed by atoms with Gasteiger partial charge in [0.25, 0.3) is 5.91 Å². The summed E-state index contributed by atoms with van der Waals surface area (Å²) in [6.07, 6.45) is 1.49. The minimum atomic E-state index is -0.0933. The van der Waals surface area contributed by atoms with Gasteiger partial charge >= 0.3 is 0 Å². The molecule has 0 bridgehead atoms. The highest BCUT2D eigenvalue weighted by Crippen LogP contribution is 2.18. The van der Waals surface area contributed by atoms with Gasteiger partial charge in [-0.15, -0.1) is 0 Å². The lowest BCUT2D eigenvalue weighted by atomic mass is 10.3. The lowest BCUT2D eigenvalue weighted by Gasteiger charge is -2.15. The molecule has 0 spiro atoms. The van der Waals surface area contributed by atoms with E-state index in [4.69, 9.17) is 9.47 Å². The van der Waals surface area contributed by atoms with E-state index >= 15 is 0 Å². The van der Waals surface area contributed by atoms with E-state index in [1.807, 2.05) is 13.1 Å². The number of carbonyl (C=O) groups is 1. The second kappa shape index (κ2) is 5.99. The smallest absolute Gasteiger partial charge is 0.272 e. The Kier molecular flexibility index (Phi) is 4.34. The first-order valence-electron chi connectivity index (χ1n) is 6.18. The molecular weight excluding hydrogens is 246 g/mol. The second-order valence-electron chi connectivity index (χ2n) is 4.44. The van der Waals surface area contributed by atoms with E-state index in [1.165, 1.54) is 0 Å². The SMILES string of the molecule is CNc1ccc(C(=O)N2CC(OC)C(OC)C2)nc1. The molecule has 19 heavy (non-hydrogen) atoms. The molecule has 1 aromatic heterocycles. The van der Waals surface area contributed by atoms with Crippen molar-refractivity contribution in [2.45, 2.75) is 12.2 Å². The van der Waals surface area contributed by atoms with Crippen LogP contribution in [0.15, 0.2) is 18.3 Å². The lowest BCUT2D eigenvalue weighted by Crippen LogP contribution is -2.30. The predicted molar refractivity (Wildman–Crippen MR) is 71.3 cm³/mol. The van der Waals surface area contributed by atoms with Crippen LogP contribution in [-0.2, 0) is 9.47 Å². The Morgan fingerprint density at radius 1 is 1.32 bits per heavy atom. The molecule has 2 unspecified atom stereocenters. The molecule has 0 saturated carbocycles. The van der Waals surface area contributed by atoms with Crippen LogP contribution in [0.3, 0.4) is 0 Å². The molecule has 6 heteroatoms. The first-order valence-corrected chi connectivity index (χ1v) is 6.18. The number of aromatic nitrogens is 1. The first kappa shape index (κ1) is 13.8. The Balaban J connectivity index is 2.07. The number of nitrogens with zero attached hydrogens (tertiary/aromatic N) is 2. The van der Waals surface area contributed by atoms with Crippen LogP contribution in [0.4, 0.5) is 5.69 Å². The van der Waals surface area contributed by atoms with E-state index in [2.05, 4.69) is 10.3 Å². The number of methoxy groups -OCH3 is 2. The summed E-state index contributed by atoms with van der Waals surface area (Å²) >= 11 is 0. The van der Waals surface area contributed by atoms with Crippen LogP contribution < -0.4 is 5.32 Å². The van der Waals surface area contributed by atoms with Crippen molar-refractivity contribution in [2.24, 2.45) is 0 Å². The standard InChI is InChI=1S/C13H19N3O3/c1-14-9-4-5-10(15-6-9)13(17)16-7-11(18-2)12(8-16)19-3/h4-6,11-12,14H,7-8H2,1-3H3. The van der Waals surface area contributed by atoms with Gasteiger partial charge in [-0.2, -0.15) is 0 Å². The van der Waals surface area contributed by atoms with Crippen molar-refractivity contribution in [1.82, 2.24) is 9.88 Å². The molecule has 1 aromatic rings. The van der Waals surface area contributed by atoms with Crippen LogP contribution in [0.5, 0.6) is 0 Å². The van der Waals surface area contributed by atoms with Crippen molar-refractivity contribution in [3.8, 4) is 0 Å². The molecule has 1 aliphatic rings. The summed E-state index contributed by atoms with van der Waals surface area (Å²) in [5, 5.41) is 2.97. The molecule has 104 valence electrons. The highest BCUT2D eigenvalue weighted by atomic mass is 16.5. The van der Waals surface area contributed by atoms with Gasteiger partial charge in [-0.3, -0.25) is 4.79 Å². The number of likely N-dealkylation sites (tertiary alicyclic amines) is 1. The largest absolute Gasteiger partial charge is 0.387 e. The zero-order valence-electron chi connectivity index (χ0n) is 11.4. The maximum Gasteiger partial charge on any atom is 0.272 e. The summed E-state index contributed by atoms with van der Waals surface area (Å²) in [6.45, 7) is 1.06. The van der Waals surface area contributed by atoms with Gasteiger partial charge < -0.3 is 19.7 Å². The van der Waals surface area contributed by atoms with Crippen LogP contribution >= 0.6 is 0 Å². The fourth-order valence-corrected chi connectivity index (χ4v) is 2.19. The van der Waals surface area contributed by atoms with Crippen LogP contribution in [0.1, 0.15) is 10.5 Å². The molecule has 1 amide bonds. The third kappa shape index (κ3) is 2.85. The monoisotopic (exact) mass is 265 g/mol. The molecule has 2 heterocycles. The molecule has 1 aliphatic heterocycles. The van der Waals surface area contributed by atoms with Gasteiger partial charge in [0, 0.05) is 34.4 Å². The fraction of sp³-hybridized carbons (Fsp3) is 0.538. The number of carbonyl (C=O) groups excluding carboxylic acids is 1. The molecule has 2 rings (SSSR count). The topological polar surface area (TPSA) is 63.7 Å². The highest BCUT2D eigenvalue weighted by molar-refractivity contribution is 5.92. The van der Waals surface area contributed by atoms with E-state index < -0.39 is 0 Å². The summed E-state index contributed by atoms with van der Waals surface area (Å²) in [4.78, 5) is 18.2. The van der Waals surface area contributed by atoms with Crippen LogP contribution in [0.2, 0.25) is 0 Å². The third-order valence-electron chi connectivity index (χ3n) is 3.38. The van der Waals surface area contributed by atoms with E-state index in [0.29, 0.717) is 18.8 Å². The molecule has 2 atom stereocenters. The van der Waals surface area contributed by atoms with E-state index in [1.54, 1.807) is 31.4 Å². The Hall–Kier alpha value is -1.66. The lowest BCUT2D eigenvalue weighted by molar-refractivity contribution is -0.00461. The van der Waals surface area contributed by atoms with Crippen molar-refractivity contribution in [1.29, 1.82) is 0 Å². The van der Waals surface area contributed by atoms with E-state index in [9.17, 15) is 4.79 Å². The molecule has 1 saturated heterocycles. The molecule has 0 aliphatic carbocycles. The van der Waals surface area contributed by atoms with Gasteiger partial charge in [-0.1, -0.05) is 0 Å². The number of amides is 1. The van der Waals surface area contributed by atoms with Gasteiger partial charge in [0.05, 0.1) is 11.9 Å². The number of pyridine rings is 1. The number of rotatable bonds is 4. The van der Waals surface area contributed by atoms with Crippen molar-refractivity contribution in [3.63, 3.8) is 0 Å². The van der Waals surface area contributed by atoms with Crippen molar-refractivity contribution < 1.29 is 14.3 Å². The number of nitrogens with one attached hydrogen (secondary N) is 1. The zero-order valence-corrected chi connectivity index (χ0v) is 11.4. The van der Waals surface area contributed by atoms with Gasteiger partial charge in [-0.05, 0) is 12.1 Å². The van der Waals surface area contributed by atoms with Crippen molar-refractivity contribution >= 4 is 11.6 Å². The number of ether oxygens (including phenoxy) is 2. The summed E-state index contributed by atoms with van der Waals surface area (Å²) in [5.74, 6) is -0.0933. The van der Waals surface area contributed by atoms with Crippen LogP contribution in [0.25, 0.3) is 0 Å². The molecule has 0 aromatic carbocycles. The fourth-order valence-electron chi connectivity index (χ4n) is 2.19. The van der Waals surface area contributed by atoms with Crippen LogP contribution in [0, 0.1) is 0 Å². The Bertz CT molecular complexity index is 423. The highest BCUT2D eigenvalue weighted by Gasteiger charge is 2.36. The number of hydrogen-bond donors (Lipinski definition) is 1. The van der Waals surface area contributed by atoms with Gasteiger partial charge in [0.2, 0.25) is 0 Å². The molecular formula is C13H19N3O3. The zero-order chi connectivity index (χ0) is 13.8. The van der Waals surface area contributed by atoms with Crippen LogP contribution in [-0.4, -0.2) is 62.4 Å². The minimum Gasteiger partial charge on any atom is -0.387 e. The Morgan fingerprint density at radius 3 is 2.37 bits per heavy atom. The maximum absolute atomic E-state index is 12.3. The van der Waals surface area contributed by atoms with Gasteiger partial charge in [0.1, 0.15) is 17.9 Å². The van der Waals surface area contributed by atoms with Gasteiger partial charge in [0.15, 0.2) is 0 Å². The average Bonchev–Trinajstić information content (AvgIpc) is 2.89. The summed E-state index contributed by atoms with van der Waals surface area (Å²) in [7, 11) is 5.07. The maximum atomic E-state index is 12.3. The Morgan fingerprint density at radius 2 is 1.95 bits per heavy atom. The molecule has 1 N–H and O–H groups in total.